The van der Waals surface area contributed by atoms with Crippen molar-refractivity contribution in [1.29, 1.82) is 0 Å². The highest BCUT2D eigenvalue weighted by Gasteiger charge is 2.14. The minimum absolute atomic E-state index is 0.0739. The molecular formula is C24H46O3. The molecule has 0 heterocycles. The van der Waals surface area contributed by atoms with Crippen molar-refractivity contribution in [1.82, 2.24) is 0 Å². The Labute approximate surface area is 168 Å². The highest BCUT2D eigenvalue weighted by Crippen LogP contribution is 2.22. The van der Waals surface area contributed by atoms with Crippen molar-refractivity contribution in [2.75, 3.05) is 13.2 Å². The summed E-state index contributed by atoms with van der Waals surface area (Å²) in [6, 6.07) is 0. The van der Waals surface area contributed by atoms with Gasteiger partial charge in [-0.25, -0.2) is 0 Å². The summed E-state index contributed by atoms with van der Waals surface area (Å²) >= 11 is 0. The molecule has 0 aliphatic carbocycles. The zero-order valence-corrected chi connectivity index (χ0v) is 18.7. The van der Waals surface area contributed by atoms with E-state index in [0.717, 1.165) is 24.2 Å². The average molecular weight is 383 g/mol. The number of Topliss-reactive ketones (excluding diaryl/α,β-unsaturated/α-hetero) is 1. The third-order valence-electron chi connectivity index (χ3n) is 5.69. The van der Waals surface area contributed by atoms with Gasteiger partial charge in [0.25, 0.3) is 0 Å². The van der Waals surface area contributed by atoms with E-state index in [2.05, 4.69) is 34.6 Å². The molecule has 0 bridgehead atoms. The van der Waals surface area contributed by atoms with Crippen LogP contribution in [0, 0.1) is 23.7 Å². The van der Waals surface area contributed by atoms with Gasteiger partial charge in [-0.2, -0.15) is 0 Å². The Bertz CT molecular complexity index is 396. The summed E-state index contributed by atoms with van der Waals surface area (Å²) in [7, 11) is 0. The van der Waals surface area contributed by atoms with Crippen LogP contribution in [0.1, 0.15) is 98.8 Å². The smallest absolute Gasteiger partial charge is 0.144 e. The van der Waals surface area contributed by atoms with Crippen LogP contribution in [-0.2, 0) is 4.79 Å². The van der Waals surface area contributed by atoms with Gasteiger partial charge in [0.2, 0.25) is 0 Å². The quantitative estimate of drug-likeness (QED) is 0.306. The highest BCUT2D eigenvalue weighted by atomic mass is 16.3. The maximum Gasteiger partial charge on any atom is 0.144 e. The van der Waals surface area contributed by atoms with Crippen LogP contribution in [0.25, 0.3) is 0 Å². The molecule has 0 spiro atoms. The van der Waals surface area contributed by atoms with E-state index < -0.39 is 5.92 Å². The third kappa shape index (κ3) is 15.0. The Morgan fingerprint density at radius 3 is 1.78 bits per heavy atom. The fourth-order valence-electron chi connectivity index (χ4n) is 3.51. The van der Waals surface area contributed by atoms with Gasteiger partial charge in [-0.15, -0.1) is 0 Å². The van der Waals surface area contributed by atoms with Gasteiger partial charge in [0.05, 0.1) is 19.1 Å². The lowest BCUT2D eigenvalue weighted by Crippen LogP contribution is -2.21. The first-order valence-electron chi connectivity index (χ1n) is 11.2. The average Bonchev–Trinajstić information content (AvgIpc) is 2.60. The second-order valence-electron chi connectivity index (χ2n) is 9.14. The van der Waals surface area contributed by atoms with Crippen LogP contribution in [0.3, 0.4) is 0 Å². The van der Waals surface area contributed by atoms with Gasteiger partial charge in [0, 0.05) is 6.42 Å². The molecule has 0 aromatic heterocycles. The monoisotopic (exact) mass is 382 g/mol. The lowest BCUT2D eigenvalue weighted by Gasteiger charge is -2.15. The van der Waals surface area contributed by atoms with Crippen LogP contribution in [0.5, 0.6) is 0 Å². The van der Waals surface area contributed by atoms with Gasteiger partial charge in [0.15, 0.2) is 0 Å². The first kappa shape index (κ1) is 26.3. The van der Waals surface area contributed by atoms with Gasteiger partial charge < -0.3 is 10.2 Å². The standard InChI is InChI=1S/C24H46O3/c1-19(2)9-6-10-20(3)11-7-12-21(4)13-8-14-22(5)15-16-24(27)23(17-25)18-26/h15,19-21,23,25-26H,6-14,16-18H2,1-5H3. The van der Waals surface area contributed by atoms with Gasteiger partial charge in [-0.05, 0) is 37.5 Å². The number of aliphatic hydroxyl groups is 2. The lowest BCUT2D eigenvalue weighted by molar-refractivity contribution is -0.124. The molecule has 0 saturated heterocycles. The predicted molar refractivity (Wildman–Crippen MR) is 116 cm³/mol. The van der Waals surface area contributed by atoms with Crippen molar-refractivity contribution in [2.24, 2.45) is 23.7 Å². The number of allylic oxidation sites excluding steroid dienone is 2. The van der Waals surface area contributed by atoms with E-state index in [4.69, 9.17) is 10.2 Å². The summed E-state index contributed by atoms with van der Waals surface area (Å²) in [5.41, 5.74) is 1.24. The van der Waals surface area contributed by atoms with E-state index >= 15 is 0 Å². The largest absolute Gasteiger partial charge is 0.396 e. The molecule has 0 radical (unpaired) electrons. The Balaban J connectivity index is 3.81. The highest BCUT2D eigenvalue weighted by molar-refractivity contribution is 5.82. The van der Waals surface area contributed by atoms with Crippen molar-refractivity contribution in [3.8, 4) is 0 Å². The van der Waals surface area contributed by atoms with Crippen LogP contribution in [-0.4, -0.2) is 29.2 Å². The van der Waals surface area contributed by atoms with E-state index in [1.54, 1.807) is 0 Å². The molecule has 0 aliphatic rings. The molecule has 2 unspecified atom stereocenters. The summed E-state index contributed by atoms with van der Waals surface area (Å²) in [5, 5.41) is 18.1. The summed E-state index contributed by atoms with van der Waals surface area (Å²) in [6.45, 7) is 10.9. The molecule has 27 heavy (non-hydrogen) atoms. The Morgan fingerprint density at radius 2 is 1.30 bits per heavy atom. The topological polar surface area (TPSA) is 57.5 Å². The van der Waals surface area contributed by atoms with Crippen LogP contribution >= 0.6 is 0 Å². The molecule has 3 nitrogen and oxygen atoms in total. The van der Waals surface area contributed by atoms with Crippen molar-refractivity contribution < 1.29 is 15.0 Å². The molecule has 2 atom stereocenters. The van der Waals surface area contributed by atoms with Crippen molar-refractivity contribution in [2.45, 2.75) is 98.8 Å². The fourth-order valence-corrected chi connectivity index (χ4v) is 3.51. The number of hydrogen-bond donors (Lipinski definition) is 2. The summed E-state index contributed by atoms with van der Waals surface area (Å²) in [4.78, 5) is 11.8. The number of hydrogen-bond acceptors (Lipinski definition) is 3. The number of ketones is 1. The molecule has 0 fully saturated rings. The number of rotatable bonds is 17. The van der Waals surface area contributed by atoms with Gasteiger partial charge in [-0.1, -0.05) is 84.3 Å². The Morgan fingerprint density at radius 1 is 0.815 bits per heavy atom. The van der Waals surface area contributed by atoms with Crippen LogP contribution in [0.15, 0.2) is 11.6 Å². The van der Waals surface area contributed by atoms with E-state index in [9.17, 15) is 4.79 Å². The van der Waals surface area contributed by atoms with E-state index in [-0.39, 0.29) is 19.0 Å². The molecule has 2 N–H and O–H groups in total. The number of carbonyl (C=O) groups excluding carboxylic acids is 1. The lowest BCUT2D eigenvalue weighted by atomic mass is 9.91. The van der Waals surface area contributed by atoms with Gasteiger partial charge in [-0.3, -0.25) is 4.79 Å². The molecule has 0 rings (SSSR count). The minimum Gasteiger partial charge on any atom is -0.396 e. The molecule has 3 heteroatoms. The SMILES string of the molecule is CC(=CCC(=O)C(CO)CO)CCCC(C)CCCC(C)CCCC(C)C. The van der Waals surface area contributed by atoms with Gasteiger partial charge in [0.1, 0.15) is 5.78 Å². The van der Waals surface area contributed by atoms with E-state index in [1.807, 2.05) is 6.08 Å². The van der Waals surface area contributed by atoms with Crippen LogP contribution < -0.4 is 0 Å². The second kappa shape index (κ2) is 16.3. The van der Waals surface area contributed by atoms with Gasteiger partial charge >= 0.3 is 0 Å². The maximum absolute atomic E-state index is 11.8. The number of aliphatic hydroxyl groups excluding tert-OH is 2. The minimum atomic E-state index is -0.623. The molecule has 0 saturated carbocycles. The maximum atomic E-state index is 11.8. The van der Waals surface area contributed by atoms with E-state index in [0.29, 0.717) is 6.42 Å². The first-order valence-corrected chi connectivity index (χ1v) is 11.2. The summed E-state index contributed by atoms with van der Waals surface area (Å²) < 4.78 is 0. The summed E-state index contributed by atoms with van der Waals surface area (Å²) in [5.74, 6) is 1.77. The van der Waals surface area contributed by atoms with Crippen molar-refractivity contribution in [3.05, 3.63) is 11.6 Å². The zero-order valence-electron chi connectivity index (χ0n) is 18.7. The molecule has 0 aromatic carbocycles. The molecular weight excluding hydrogens is 336 g/mol. The third-order valence-corrected chi connectivity index (χ3v) is 5.69. The predicted octanol–water partition coefficient (Wildman–Crippen LogP) is 5.93. The normalized spacial score (nSPS) is 14.8. The van der Waals surface area contributed by atoms with Crippen molar-refractivity contribution in [3.63, 3.8) is 0 Å². The van der Waals surface area contributed by atoms with E-state index in [1.165, 1.54) is 56.9 Å². The summed E-state index contributed by atoms with van der Waals surface area (Å²) in [6.07, 6.45) is 13.9. The fraction of sp³-hybridized carbons (Fsp3) is 0.875. The van der Waals surface area contributed by atoms with Crippen LogP contribution in [0.4, 0.5) is 0 Å². The van der Waals surface area contributed by atoms with Crippen molar-refractivity contribution >= 4 is 5.78 Å². The number of carbonyl (C=O) groups is 1. The Hall–Kier alpha value is -0.670. The van der Waals surface area contributed by atoms with Crippen LogP contribution in [0.2, 0.25) is 0 Å². The molecule has 160 valence electrons. The molecule has 0 amide bonds. The zero-order chi connectivity index (χ0) is 20.7. The molecule has 0 aliphatic heterocycles. The molecule has 0 aromatic rings. The first-order chi connectivity index (χ1) is 12.8. The second-order valence-corrected chi connectivity index (χ2v) is 9.14. The Kier molecular flexibility index (Phi) is 15.9.